The molecule has 1 N–H and O–H groups in total. The highest BCUT2D eigenvalue weighted by atomic mass is 16.5. The van der Waals surface area contributed by atoms with Gasteiger partial charge < -0.3 is 19.6 Å². The van der Waals surface area contributed by atoms with Crippen molar-refractivity contribution in [2.75, 3.05) is 19.6 Å². The zero-order valence-corrected chi connectivity index (χ0v) is 18.7. The molecule has 2 saturated heterocycles. The summed E-state index contributed by atoms with van der Waals surface area (Å²) in [6.07, 6.45) is 5.69. The van der Waals surface area contributed by atoms with Crippen molar-refractivity contribution >= 4 is 11.9 Å². The van der Waals surface area contributed by atoms with Crippen molar-refractivity contribution in [1.29, 1.82) is 0 Å². The second kappa shape index (κ2) is 8.31. The molecule has 0 radical (unpaired) electrons. The predicted molar refractivity (Wildman–Crippen MR) is 115 cm³/mol. The lowest BCUT2D eigenvalue weighted by atomic mass is 9.76. The number of pyridine rings is 1. The number of aliphatic hydroxyl groups is 1. The van der Waals surface area contributed by atoms with Gasteiger partial charge in [-0.15, -0.1) is 5.10 Å². The van der Waals surface area contributed by atoms with Gasteiger partial charge in [0.1, 0.15) is 12.4 Å². The van der Waals surface area contributed by atoms with Gasteiger partial charge in [-0.1, -0.05) is 6.07 Å². The number of β-amino-alcohol motifs (C(OH)–C–C–N with tert-alkyl or cyclic N) is 1. The first-order valence-electron chi connectivity index (χ1n) is 11.2. The van der Waals surface area contributed by atoms with Gasteiger partial charge in [0.2, 0.25) is 5.91 Å². The maximum Gasteiger partial charge on any atom is 0.333 e. The number of aromatic nitrogens is 5. The average molecular weight is 454 g/mol. The molecular weight excluding hydrogens is 426 g/mol. The van der Waals surface area contributed by atoms with Gasteiger partial charge >= 0.3 is 5.97 Å². The Hall–Kier alpha value is -3.18. The molecule has 11 nitrogen and oxygen atoms in total. The van der Waals surface area contributed by atoms with Crippen LogP contribution in [0.15, 0.2) is 36.4 Å². The fourth-order valence-electron chi connectivity index (χ4n) is 5.27. The number of cyclic esters (lactones) is 1. The minimum absolute atomic E-state index is 0.0302. The van der Waals surface area contributed by atoms with E-state index in [9.17, 15) is 14.7 Å². The molecule has 3 atom stereocenters. The number of piperidine rings is 1. The van der Waals surface area contributed by atoms with Crippen LogP contribution in [0.5, 0.6) is 0 Å². The molecule has 0 aliphatic carbocycles. The summed E-state index contributed by atoms with van der Waals surface area (Å²) in [7, 11) is 0. The van der Waals surface area contributed by atoms with E-state index < -0.39 is 17.6 Å². The summed E-state index contributed by atoms with van der Waals surface area (Å²) in [6.45, 7) is 5.76. The predicted octanol–water partition coefficient (Wildman–Crippen LogP) is 0.623. The number of rotatable bonds is 5. The van der Waals surface area contributed by atoms with Crippen LogP contribution in [0.2, 0.25) is 0 Å². The van der Waals surface area contributed by atoms with Crippen LogP contribution in [0.3, 0.4) is 0 Å². The van der Waals surface area contributed by atoms with E-state index >= 15 is 0 Å². The van der Waals surface area contributed by atoms with Gasteiger partial charge in [0.15, 0.2) is 5.82 Å². The second-order valence-corrected chi connectivity index (χ2v) is 9.18. The fourth-order valence-corrected chi connectivity index (χ4v) is 5.27. The molecule has 0 aromatic carbocycles. The first-order chi connectivity index (χ1) is 15.9. The first-order valence-corrected chi connectivity index (χ1v) is 11.2. The molecule has 5 rings (SSSR count). The molecule has 5 heterocycles. The van der Waals surface area contributed by atoms with Crippen LogP contribution < -0.4 is 0 Å². The van der Waals surface area contributed by atoms with Crippen LogP contribution in [-0.2, 0) is 14.3 Å². The number of ether oxygens (including phenoxy) is 1. The molecule has 2 aromatic heterocycles. The number of esters is 1. The van der Waals surface area contributed by atoms with Gasteiger partial charge in [0.05, 0.1) is 17.2 Å². The van der Waals surface area contributed by atoms with Gasteiger partial charge in [0.25, 0.3) is 0 Å². The Morgan fingerprint density at radius 2 is 2.03 bits per heavy atom. The molecule has 11 heteroatoms. The van der Waals surface area contributed by atoms with Crippen molar-refractivity contribution in [1.82, 2.24) is 35.0 Å². The number of aliphatic hydroxyl groups excluding tert-OH is 1. The SMILES string of the molecule is CC1OC(=O)C=C1N1C(=O)C2(CCN(CC(O)c3ccc(-n4cnnn4)nc3)CC2)C[C@@H]1C. The molecule has 2 aromatic rings. The number of hydrogen-bond donors (Lipinski definition) is 1. The lowest BCUT2D eigenvalue weighted by Crippen LogP contribution is -2.46. The number of carbonyl (C=O) groups is 2. The molecule has 0 saturated carbocycles. The number of nitrogens with zero attached hydrogens (tertiary/aromatic N) is 7. The van der Waals surface area contributed by atoms with E-state index in [4.69, 9.17) is 4.74 Å². The summed E-state index contributed by atoms with van der Waals surface area (Å²) >= 11 is 0. The number of tetrazole rings is 1. The summed E-state index contributed by atoms with van der Waals surface area (Å²) in [5, 5.41) is 21.7. The van der Waals surface area contributed by atoms with Crippen LogP contribution in [0.4, 0.5) is 0 Å². The maximum absolute atomic E-state index is 13.4. The first kappa shape index (κ1) is 21.7. The Bertz CT molecular complexity index is 1060. The van der Waals surface area contributed by atoms with Crippen molar-refractivity contribution in [2.45, 2.75) is 51.4 Å². The zero-order valence-electron chi connectivity index (χ0n) is 18.7. The molecule has 3 aliphatic heterocycles. The molecule has 3 aliphatic rings. The molecule has 1 spiro atoms. The number of amides is 1. The van der Waals surface area contributed by atoms with Crippen molar-refractivity contribution in [3.05, 3.63) is 42.0 Å². The Morgan fingerprint density at radius 1 is 1.24 bits per heavy atom. The average Bonchev–Trinajstić information content (AvgIpc) is 3.50. The summed E-state index contributed by atoms with van der Waals surface area (Å²) in [5.74, 6) is 0.282. The second-order valence-electron chi connectivity index (χ2n) is 9.18. The number of carbonyl (C=O) groups excluding carboxylic acids is 2. The van der Waals surface area contributed by atoms with E-state index in [2.05, 4.69) is 25.4 Å². The zero-order chi connectivity index (χ0) is 23.2. The Kier molecular flexibility index (Phi) is 5.45. The van der Waals surface area contributed by atoms with E-state index in [0.29, 0.717) is 18.1 Å². The molecule has 33 heavy (non-hydrogen) atoms. The van der Waals surface area contributed by atoms with Gasteiger partial charge in [-0.25, -0.2) is 9.78 Å². The molecular formula is C22H27N7O4. The molecule has 2 unspecified atom stereocenters. The Labute approximate surface area is 191 Å². The lowest BCUT2D eigenvalue weighted by molar-refractivity contribution is -0.141. The lowest BCUT2D eigenvalue weighted by Gasteiger charge is -2.38. The summed E-state index contributed by atoms with van der Waals surface area (Å²) in [5.41, 5.74) is 0.975. The van der Waals surface area contributed by atoms with E-state index in [0.717, 1.165) is 37.9 Å². The third kappa shape index (κ3) is 3.91. The van der Waals surface area contributed by atoms with Crippen LogP contribution >= 0.6 is 0 Å². The number of hydrogen-bond acceptors (Lipinski definition) is 9. The van der Waals surface area contributed by atoms with Crippen molar-refractivity contribution in [2.24, 2.45) is 5.41 Å². The molecule has 2 fully saturated rings. The van der Waals surface area contributed by atoms with Crippen LogP contribution in [0.1, 0.15) is 44.8 Å². The van der Waals surface area contributed by atoms with Gasteiger partial charge in [0, 0.05) is 30.4 Å². The normalized spacial score (nSPS) is 26.0. The largest absolute Gasteiger partial charge is 0.453 e. The quantitative estimate of drug-likeness (QED) is 0.648. The van der Waals surface area contributed by atoms with Gasteiger partial charge in [-0.3, -0.25) is 4.79 Å². The van der Waals surface area contributed by atoms with Crippen molar-refractivity contribution in [3.8, 4) is 5.82 Å². The minimum Gasteiger partial charge on any atom is -0.453 e. The molecule has 1 amide bonds. The third-order valence-electron chi connectivity index (χ3n) is 7.04. The van der Waals surface area contributed by atoms with Gasteiger partial charge in [-0.05, 0) is 62.7 Å². The summed E-state index contributed by atoms with van der Waals surface area (Å²) in [6, 6.07) is 3.61. The summed E-state index contributed by atoms with van der Waals surface area (Å²) < 4.78 is 6.66. The van der Waals surface area contributed by atoms with Crippen LogP contribution in [0.25, 0.3) is 5.82 Å². The Balaban J connectivity index is 1.20. The van der Waals surface area contributed by atoms with E-state index in [1.54, 1.807) is 24.1 Å². The number of likely N-dealkylation sites (tertiary alicyclic amines) is 2. The molecule has 174 valence electrons. The smallest absolute Gasteiger partial charge is 0.333 e. The van der Waals surface area contributed by atoms with E-state index in [1.165, 1.54) is 17.1 Å². The third-order valence-corrected chi connectivity index (χ3v) is 7.04. The fraction of sp³-hybridized carbons (Fsp3) is 0.545. The van der Waals surface area contributed by atoms with Crippen molar-refractivity contribution < 1.29 is 19.4 Å². The maximum atomic E-state index is 13.4. The van der Waals surface area contributed by atoms with E-state index in [-0.39, 0.29) is 17.9 Å². The van der Waals surface area contributed by atoms with Crippen LogP contribution in [0, 0.1) is 5.41 Å². The van der Waals surface area contributed by atoms with Crippen LogP contribution in [-0.4, -0.2) is 83.8 Å². The molecule has 0 bridgehead atoms. The monoisotopic (exact) mass is 453 g/mol. The standard InChI is InChI=1S/C22H27N7O4/c1-14-10-22(21(32)29(14)17-9-20(31)33-15(17)2)5-7-27(8-6-22)12-18(30)16-3-4-19(23-11-16)28-13-24-25-26-28/h3-4,9,11,13-15,18,30H,5-8,10,12H2,1-2H3/t14-,15?,18?/m0/s1. The highest BCUT2D eigenvalue weighted by Gasteiger charge is 2.53. The topological polar surface area (TPSA) is 127 Å². The van der Waals surface area contributed by atoms with Gasteiger partial charge in [-0.2, -0.15) is 4.68 Å². The highest BCUT2D eigenvalue weighted by molar-refractivity contribution is 5.91. The Morgan fingerprint density at radius 3 is 2.64 bits per heavy atom. The minimum atomic E-state index is -0.683. The summed E-state index contributed by atoms with van der Waals surface area (Å²) in [4.78, 5) is 33.4. The van der Waals surface area contributed by atoms with Crippen molar-refractivity contribution in [3.63, 3.8) is 0 Å². The van der Waals surface area contributed by atoms with E-state index in [1.807, 2.05) is 13.0 Å². The highest BCUT2D eigenvalue weighted by Crippen LogP contribution is 2.46.